The molecule has 1 aliphatic heterocycles. The van der Waals surface area contributed by atoms with E-state index in [2.05, 4.69) is 35.8 Å². The highest BCUT2D eigenvalue weighted by Crippen LogP contribution is 2.36. The number of hydrogen-bond acceptors (Lipinski definition) is 3. The molecule has 3 heteroatoms. The molecule has 0 bridgehead atoms. The van der Waals surface area contributed by atoms with Gasteiger partial charge in [0.2, 0.25) is 0 Å². The first-order chi connectivity index (χ1) is 8.83. The van der Waals surface area contributed by atoms with Crippen molar-refractivity contribution in [1.82, 2.24) is 5.32 Å². The first-order valence-corrected chi connectivity index (χ1v) is 7.07. The van der Waals surface area contributed by atoms with Gasteiger partial charge in [-0.1, -0.05) is 19.1 Å². The third-order valence-corrected chi connectivity index (χ3v) is 4.40. The number of hydrogen-bond donors (Lipinski definition) is 2. The summed E-state index contributed by atoms with van der Waals surface area (Å²) >= 11 is 0. The van der Waals surface area contributed by atoms with Crippen LogP contribution in [0.3, 0.4) is 0 Å². The average Bonchev–Trinajstić information content (AvgIpc) is 2.38. The molecule has 2 N–H and O–H groups in total. The molecule has 0 aromatic heterocycles. The van der Waals surface area contributed by atoms with E-state index in [-0.39, 0.29) is 0 Å². The number of ether oxygens (including phenoxy) is 1. The zero-order valence-corrected chi connectivity index (χ0v) is 11.1. The molecule has 0 saturated heterocycles. The minimum atomic E-state index is 0.394. The third kappa shape index (κ3) is 2.07. The quantitative estimate of drug-likeness (QED) is 0.857. The Bertz CT molecular complexity index is 421. The lowest BCUT2D eigenvalue weighted by molar-refractivity contribution is 0.174. The summed E-state index contributed by atoms with van der Waals surface area (Å²) in [5, 5.41) is 7.13. The van der Waals surface area contributed by atoms with Gasteiger partial charge in [-0.05, 0) is 31.7 Å². The zero-order valence-electron chi connectivity index (χ0n) is 11.1. The summed E-state index contributed by atoms with van der Waals surface area (Å²) in [6.07, 6.45) is 5.22. The highest BCUT2D eigenvalue weighted by atomic mass is 16.5. The molecule has 0 radical (unpaired) electrons. The van der Waals surface area contributed by atoms with Gasteiger partial charge < -0.3 is 15.4 Å². The first kappa shape index (κ1) is 11.8. The van der Waals surface area contributed by atoms with Crippen LogP contribution >= 0.6 is 0 Å². The Morgan fingerprint density at radius 1 is 1.39 bits per heavy atom. The maximum absolute atomic E-state index is 5.80. The standard InChI is InChI=1S/C15H22N2O/c1-2-15(7-4-8-15)17-11-12-5-3-6-13-14(12)18-10-9-16-13/h3,5-6,16-17H,2,4,7-11H2,1H3. The van der Waals surface area contributed by atoms with Gasteiger partial charge in [-0.2, -0.15) is 0 Å². The van der Waals surface area contributed by atoms with Gasteiger partial charge in [0.15, 0.2) is 0 Å². The SMILES string of the molecule is CCC1(NCc2cccc3c2OCCN3)CCC1. The van der Waals surface area contributed by atoms with E-state index in [1.165, 1.54) is 31.2 Å². The molecule has 0 atom stereocenters. The lowest BCUT2D eigenvalue weighted by atomic mass is 9.75. The van der Waals surface area contributed by atoms with Crippen molar-refractivity contribution in [3.8, 4) is 5.75 Å². The van der Waals surface area contributed by atoms with Crippen LogP contribution in [0.4, 0.5) is 5.69 Å². The summed E-state index contributed by atoms with van der Waals surface area (Å²) in [4.78, 5) is 0. The molecule has 1 saturated carbocycles. The van der Waals surface area contributed by atoms with Crippen molar-refractivity contribution in [2.45, 2.75) is 44.7 Å². The molecule has 0 unspecified atom stereocenters. The average molecular weight is 246 g/mol. The van der Waals surface area contributed by atoms with Crippen molar-refractivity contribution in [3.05, 3.63) is 23.8 Å². The molecule has 1 aromatic rings. The van der Waals surface area contributed by atoms with E-state index in [4.69, 9.17) is 4.74 Å². The molecule has 3 rings (SSSR count). The number of fused-ring (bicyclic) bond motifs is 1. The number of nitrogens with one attached hydrogen (secondary N) is 2. The summed E-state index contributed by atoms with van der Waals surface area (Å²) in [5.74, 6) is 1.04. The van der Waals surface area contributed by atoms with Crippen molar-refractivity contribution in [1.29, 1.82) is 0 Å². The monoisotopic (exact) mass is 246 g/mol. The van der Waals surface area contributed by atoms with E-state index in [0.717, 1.165) is 31.1 Å². The third-order valence-electron chi connectivity index (χ3n) is 4.40. The van der Waals surface area contributed by atoms with Gasteiger partial charge >= 0.3 is 0 Å². The van der Waals surface area contributed by atoms with Crippen molar-refractivity contribution < 1.29 is 4.74 Å². The molecule has 98 valence electrons. The largest absolute Gasteiger partial charge is 0.489 e. The van der Waals surface area contributed by atoms with Crippen molar-refractivity contribution in [2.24, 2.45) is 0 Å². The second kappa shape index (κ2) is 4.81. The van der Waals surface area contributed by atoms with Crippen LogP contribution in [-0.2, 0) is 6.54 Å². The summed E-state index contributed by atoms with van der Waals surface area (Å²) in [6, 6.07) is 6.37. The lowest BCUT2D eigenvalue weighted by Crippen LogP contribution is -2.49. The van der Waals surface area contributed by atoms with Crippen LogP contribution in [0.15, 0.2) is 18.2 Å². The molecule has 1 fully saturated rings. The molecule has 1 heterocycles. The highest BCUT2D eigenvalue weighted by Gasteiger charge is 2.34. The fourth-order valence-corrected chi connectivity index (χ4v) is 2.91. The van der Waals surface area contributed by atoms with Crippen molar-refractivity contribution >= 4 is 5.69 Å². The Hall–Kier alpha value is -1.22. The number of rotatable bonds is 4. The molecular formula is C15H22N2O. The molecule has 1 aromatic carbocycles. The second-order valence-corrected chi connectivity index (χ2v) is 5.41. The van der Waals surface area contributed by atoms with Gasteiger partial charge in [-0.15, -0.1) is 0 Å². The fraction of sp³-hybridized carbons (Fsp3) is 0.600. The minimum absolute atomic E-state index is 0.394. The summed E-state index contributed by atoms with van der Waals surface area (Å²) in [7, 11) is 0. The minimum Gasteiger partial charge on any atom is -0.489 e. The highest BCUT2D eigenvalue weighted by molar-refractivity contribution is 5.61. The summed E-state index contributed by atoms with van der Waals surface area (Å²) in [6.45, 7) is 4.87. The fourth-order valence-electron chi connectivity index (χ4n) is 2.91. The molecule has 3 nitrogen and oxygen atoms in total. The van der Waals surface area contributed by atoms with E-state index < -0.39 is 0 Å². The van der Waals surface area contributed by atoms with Gasteiger partial charge in [0.05, 0.1) is 5.69 Å². The maximum atomic E-state index is 5.80. The van der Waals surface area contributed by atoms with Crippen LogP contribution in [0, 0.1) is 0 Å². The molecule has 18 heavy (non-hydrogen) atoms. The Kier molecular flexibility index (Phi) is 3.16. The van der Waals surface area contributed by atoms with Gasteiger partial charge in [0.25, 0.3) is 0 Å². The number of para-hydroxylation sites is 1. The van der Waals surface area contributed by atoms with Crippen LogP contribution < -0.4 is 15.4 Å². The van der Waals surface area contributed by atoms with E-state index in [0.29, 0.717) is 5.54 Å². The Labute approximate surface area is 109 Å². The number of benzene rings is 1. The van der Waals surface area contributed by atoms with Crippen molar-refractivity contribution in [3.63, 3.8) is 0 Å². The summed E-state index contributed by atoms with van der Waals surface area (Å²) in [5.41, 5.74) is 2.81. The smallest absolute Gasteiger partial charge is 0.146 e. The van der Waals surface area contributed by atoms with Crippen LogP contribution in [0.2, 0.25) is 0 Å². The topological polar surface area (TPSA) is 33.3 Å². The number of anilines is 1. The Balaban J connectivity index is 1.72. The molecule has 1 aliphatic carbocycles. The maximum Gasteiger partial charge on any atom is 0.146 e. The normalized spacial score (nSPS) is 20.3. The second-order valence-electron chi connectivity index (χ2n) is 5.41. The zero-order chi connectivity index (χ0) is 12.4. The first-order valence-electron chi connectivity index (χ1n) is 7.07. The predicted molar refractivity (Wildman–Crippen MR) is 74.1 cm³/mol. The van der Waals surface area contributed by atoms with Crippen LogP contribution in [0.5, 0.6) is 5.75 Å². The summed E-state index contributed by atoms with van der Waals surface area (Å²) < 4.78 is 5.80. The van der Waals surface area contributed by atoms with Gasteiger partial charge in [-0.3, -0.25) is 0 Å². The van der Waals surface area contributed by atoms with E-state index >= 15 is 0 Å². The van der Waals surface area contributed by atoms with E-state index in [1.807, 2.05) is 0 Å². The van der Waals surface area contributed by atoms with Gasteiger partial charge in [0.1, 0.15) is 12.4 Å². The van der Waals surface area contributed by atoms with Gasteiger partial charge in [-0.25, -0.2) is 0 Å². The van der Waals surface area contributed by atoms with Gasteiger partial charge in [0, 0.05) is 24.2 Å². The molecule has 0 amide bonds. The molecular weight excluding hydrogens is 224 g/mol. The predicted octanol–water partition coefficient (Wildman–Crippen LogP) is 2.91. The Morgan fingerprint density at radius 3 is 3.00 bits per heavy atom. The van der Waals surface area contributed by atoms with Crippen LogP contribution in [-0.4, -0.2) is 18.7 Å². The van der Waals surface area contributed by atoms with Crippen molar-refractivity contribution in [2.75, 3.05) is 18.5 Å². The van der Waals surface area contributed by atoms with Crippen LogP contribution in [0.1, 0.15) is 38.2 Å². The van der Waals surface area contributed by atoms with Crippen LogP contribution in [0.25, 0.3) is 0 Å². The molecule has 0 spiro atoms. The van der Waals surface area contributed by atoms with E-state index in [1.54, 1.807) is 0 Å². The molecule has 2 aliphatic rings. The van der Waals surface area contributed by atoms with E-state index in [9.17, 15) is 0 Å². The Morgan fingerprint density at radius 2 is 2.28 bits per heavy atom. The lowest BCUT2D eigenvalue weighted by Gasteiger charge is -2.42.